The molecule has 6 nitrogen and oxygen atoms in total. The second kappa shape index (κ2) is 8.96. The lowest BCUT2D eigenvalue weighted by molar-refractivity contribution is 0.0939. The number of methoxy groups -OCH3 is 1. The molecule has 0 bridgehead atoms. The van der Waals surface area contributed by atoms with Crippen molar-refractivity contribution in [2.24, 2.45) is 0 Å². The third kappa shape index (κ3) is 5.15. The summed E-state index contributed by atoms with van der Waals surface area (Å²) < 4.78 is 46.0. The minimum atomic E-state index is -3.89. The van der Waals surface area contributed by atoms with Crippen LogP contribution in [0.4, 0.5) is 10.1 Å². The van der Waals surface area contributed by atoms with E-state index in [2.05, 4.69) is 10.0 Å². The summed E-state index contributed by atoms with van der Waals surface area (Å²) in [7, 11) is -2.37. The van der Waals surface area contributed by atoms with Crippen molar-refractivity contribution in [3.8, 4) is 5.75 Å². The molecule has 8 heteroatoms. The molecule has 3 rings (SSSR count). The third-order valence-electron chi connectivity index (χ3n) is 4.47. The zero-order valence-corrected chi connectivity index (χ0v) is 17.2. The number of anilines is 1. The van der Waals surface area contributed by atoms with Gasteiger partial charge in [0.1, 0.15) is 11.6 Å². The average molecular weight is 428 g/mol. The lowest BCUT2D eigenvalue weighted by Gasteiger charge is -2.15. The number of amides is 1. The molecule has 3 aromatic carbocycles. The normalized spacial score (nSPS) is 12.1. The number of carbonyl (C=O) groups excluding carboxylic acids is 1. The monoisotopic (exact) mass is 428 g/mol. The first-order chi connectivity index (χ1) is 14.3. The molecule has 0 saturated carbocycles. The minimum Gasteiger partial charge on any atom is -0.497 e. The highest BCUT2D eigenvalue weighted by molar-refractivity contribution is 7.92. The number of sulfonamides is 1. The minimum absolute atomic E-state index is 0.0413. The van der Waals surface area contributed by atoms with Crippen molar-refractivity contribution in [3.05, 3.63) is 89.7 Å². The first-order valence-corrected chi connectivity index (χ1v) is 10.6. The fraction of sp³-hybridized carbons (Fsp3) is 0.136. The number of rotatable bonds is 7. The Bertz CT molecular complexity index is 1130. The van der Waals surface area contributed by atoms with Gasteiger partial charge in [-0.05, 0) is 67.1 Å². The first-order valence-electron chi connectivity index (χ1n) is 9.12. The van der Waals surface area contributed by atoms with Crippen molar-refractivity contribution in [1.82, 2.24) is 5.32 Å². The van der Waals surface area contributed by atoms with Crippen LogP contribution in [-0.4, -0.2) is 21.4 Å². The SMILES string of the molecule is COc1ccc(NS(=O)(=O)c2cccc(C(=O)NC(C)c3ccc(F)cc3)c2)cc1. The van der Waals surface area contributed by atoms with Gasteiger partial charge in [-0.3, -0.25) is 9.52 Å². The van der Waals surface area contributed by atoms with Gasteiger partial charge >= 0.3 is 0 Å². The van der Waals surface area contributed by atoms with E-state index in [1.165, 1.54) is 43.5 Å². The molecule has 1 atom stereocenters. The lowest BCUT2D eigenvalue weighted by atomic mass is 10.1. The van der Waals surface area contributed by atoms with Gasteiger partial charge in [0.05, 0.1) is 18.0 Å². The second-order valence-corrected chi connectivity index (χ2v) is 8.29. The molecular formula is C22H21FN2O4S. The van der Waals surface area contributed by atoms with Crippen LogP contribution < -0.4 is 14.8 Å². The summed E-state index contributed by atoms with van der Waals surface area (Å²) in [5, 5.41) is 2.78. The third-order valence-corrected chi connectivity index (χ3v) is 5.85. The number of carbonyl (C=O) groups is 1. The molecular weight excluding hydrogens is 407 g/mol. The van der Waals surface area contributed by atoms with Gasteiger partial charge in [-0.15, -0.1) is 0 Å². The number of benzene rings is 3. The van der Waals surface area contributed by atoms with E-state index in [1.807, 2.05) is 0 Å². The van der Waals surface area contributed by atoms with E-state index in [0.29, 0.717) is 11.4 Å². The molecule has 0 spiro atoms. The van der Waals surface area contributed by atoms with Crippen molar-refractivity contribution in [2.45, 2.75) is 17.9 Å². The Morgan fingerprint density at radius 3 is 2.30 bits per heavy atom. The molecule has 0 aliphatic rings. The van der Waals surface area contributed by atoms with Crippen molar-refractivity contribution >= 4 is 21.6 Å². The highest BCUT2D eigenvalue weighted by Crippen LogP contribution is 2.20. The summed E-state index contributed by atoms with van der Waals surface area (Å²) in [5.41, 5.74) is 1.30. The summed E-state index contributed by atoms with van der Waals surface area (Å²) in [4.78, 5) is 12.5. The average Bonchev–Trinajstić information content (AvgIpc) is 2.74. The van der Waals surface area contributed by atoms with E-state index in [4.69, 9.17) is 4.74 Å². The summed E-state index contributed by atoms with van der Waals surface area (Å²) in [6, 6.07) is 17.6. The fourth-order valence-electron chi connectivity index (χ4n) is 2.79. The van der Waals surface area contributed by atoms with Crippen LogP contribution in [0.1, 0.15) is 28.9 Å². The summed E-state index contributed by atoms with van der Waals surface area (Å²) in [6.45, 7) is 1.76. The van der Waals surface area contributed by atoms with Crippen molar-refractivity contribution < 1.29 is 22.3 Å². The van der Waals surface area contributed by atoms with Crippen LogP contribution in [0, 0.1) is 5.82 Å². The van der Waals surface area contributed by atoms with Gasteiger partial charge in [-0.25, -0.2) is 12.8 Å². The van der Waals surface area contributed by atoms with Crippen molar-refractivity contribution in [1.29, 1.82) is 0 Å². The van der Waals surface area contributed by atoms with Crippen LogP contribution in [0.3, 0.4) is 0 Å². The molecule has 0 heterocycles. The van der Waals surface area contributed by atoms with Crippen LogP contribution in [0.5, 0.6) is 5.75 Å². The van der Waals surface area contributed by atoms with Gasteiger partial charge in [-0.1, -0.05) is 18.2 Å². The highest BCUT2D eigenvalue weighted by Gasteiger charge is 2.18. The van der Waals surface area contributed by atoms with Crippen LogP contribution in [-0.2, 0) is 10.0 Å². The zero-order valence-electron chi connectivity index (χ0n) is 16.4. The maximum atomic E-state index is 13.1. The van der Waals surface area contributed by atoms with Gasteiger partial charge in [-0.2, -0.15) is 0 Å². The Morgan fingerprint density at radius 2 is 1.67 bits per heavy atom. The van der Waals surface area contributed by atoms with Gasteiger partial charge < -0.3 is 10.1 Å². The van der Waals surface area contributed by atoms with Gasteiger partial charge in [0.2, 0.25) is 0 Å². The molecule has 1 amide bonds. The van der Waals surface area contributed by atoms with Crippen LogP contribution in [0.15, 0.2) is 77.7 Å². The van der Waals surface area contributed by atoms with Crippen LogP contribution in [0.25, 0.3) is 0 Å². The number of halogens is 1. The van der Waals surface area contributed by atoms with E-state index >= 15 is 0 Å². The molecule has 0 aliphatic carbocycles. The Morgan fingerprint density at radius 1 is 1.00 bits per heavy atom. The fourth-order valence-corrected chi connectivity index (χ4v) is 3.90. The van der Waals surface area contributed by atoms with Gasteiger partial charge in [0.15, 0.2) is 0 Å². The summed E-state index contributed by atoms with van der Waals surface area (Å²) in [6.07, 6.45) is 0. The molecule has 0 fully saturated rings. The zero-order chi connectivity index (χ0) is 21.7. The van der Waals surface area contributed by atoms with E-state index in [1.54, 1.807) is 43.3 Å². The molecule has 0 saturated heterocycles. The predicted octanol–water partition coefficient (Wildman–Crippen LogP) is 4.13. The summed E-state index contributed by atoms with van der Waals surface area (Å²) >= 11 is 0. The maximum Gasteiger partial charge on any atom is 0.261 e. The van der Waals surface area contributed by atoms with E-state index in [-0.39, 0.29) is 22.3 Å². The Labute approximate surface area is 174 Å². The van der Waals surface area contributed by atoms with Crippen molar-refractivity contribution in [3.63, 3.8) is 0 Å². The highest BCUT2D eigenvalue weighted by atomic mass is 32.2. The molecule has 0 aliphatic heterocycles. The Kier molecular flexibility index (Phi) is 6.37. The van der Waals surface area contributed by atoms with Crippen molar-refractivity contribution in [2.75, 3.05) is 11.8 Å². The molecule has 0 aromatic heterocycles. The second-order valence-electron chi connectivity index (χ2n) is 6.61. The first kappa shape index (κ1) is 21.3. The Balaban J connectivity index is 1.75. The molecule has 0 radical (unpaired) electrons. The number of nitrogens with one attached hydrogen (secondary N) is 2. The van der Waals surface area contributed by atoms with Crippen LogP contribution in [0.2, 0.25) is 0 Å². The smallest absolute Gasteiger partial charge is 0.261 e. The lowest BCUT2D eigenvalue weighted by Crippen LogP contribution is -2.27. The number of hydrogen-bond acceptors (Lipinski definition) is 4. The standard InChI is InChI=1S/C22H21FN2O4S/c1-15(16-6-8-18(23)9-7-16)24-22(26)17-4-3-5-21(14-17)30(27,28)25-19-10-12-20(29-2)13-11-19/h3-15,25H,1-2H3,(H,24,26). The van der Waals surface area contributed by atoms with Gasteiger partial charge in [0.25, 0.3) is 15.9 Å². The van der Waals surface area contributed by atoms with E-state index < -0.39 is 15.9 Å². The molecule has 2 N–H and O–H groups in total. The predicted molar refractivity (Wildman–Crippen MR) is 113 cm³/mol. The number of ether oxygens (including phenoxy) is 1. The quantitative estimate of drug-likeness (QED) is 0.593. The largest absolute Gasteiger partial charge is 0.497 e. The number of hydrogen-bond donors (Lipinski definition) is 2. The Hall–Kier alpha value is -3.39. The van der Waals surface area contributed by atoms with Crippen LogP contribution >= 0.6 is 0 Å². The molecule has 3 aromatic rings. The molecule has 1 unspecified atom stereocenters. The molecule has 156 valence electrons. The maximum absolute atomic E-state index is 13.1. The van der Waals surface area contributed by atoms with Gasteiger partial charge in [0, 0.05) is 11.3 Å². The topological polar surface area (TPSA) is 84.5 Å². The molecule has 30 heavy (non-hydrogen) atoms. The van der Waals surface area contributed by atoms with E-state index in [0.717, 1.165) is 5.56 Å². The van der Waals surface area contributed by atoms with E-state index in [9.17, 15) is 17.6 Å². The summed E-state index contributed by atoms with van der Waals surface area (Å²) in [5.74, 6) is -0.195.